The molecule has 0 aromatic carbocycles. The average Bonchev–Trinajstić information content (AvgIpc) is 3.18. The Labute approximate surface area is 160 Å². The summed E-state index contributed by atoms with van der Waals surface area (Å²) in [6.45, 7) is 6.49. The number of aryl methyl sites for hydroxylation is 1. The van der Waals surface area contributed by atoms with Gasteiger partial charge >= 0.3 is 0 Å². The number of amides is 1. The molecule has 1 atom stereocenters. The van der Waals surface area contributed by atoms with E-state index in [0.29, 0.717) is 5.56 Å². The van der Waals surface area contributed by atoms with Gasteiger partial charge in [-0.1, -0.05) is 6.07 Å². The molecule has 0 N–H and O–H groups in total. The van der Waals surface area contributed by atoms with E-state index in [1.54, 1.807) is 12.4 Å². The molecule has 7 heteroatoms. The Balaban J connectivity index is 1.53. The lowest BCUT2D eigenvalue weighted by atomic mass is 10.1. The highest BCUT2D eigenvalue weighted by molar-refractivity contribution is 5.95. The number of likely N-dealkylation sites (N-methyl/N-ethyl adjacent to an activating group) is 1. The smallest absolute Gasteiger partial charge is 0.257 e. The van der Waals surface area contributed by atoms with Crippen LogP contribution in [0.4, 0.5) is 5.95 Å². The van der Waals surface area contributed by atoms with Crippen LogP contribution in [-0.2, 0) is 0 Å². The van der Waals surface area contributed by atoms with Crippen molar-refractivity contribution in [2.45, 2.75) is 25.8 Å². The normalized spacial score (nSPS) is 20.9. The Morgan fingerprint density at radius 2 is 1.93 bits per heavy atom. The third-order valence-electron chi connectivity index (χ3n) is 5.53. The molecule has 0 saturated carbocycles. The van der Waals surface area contributed by atoms with Crippen molar-refractivity contribution in [2.24, 2.45) is 0 Å². The number of hydrogen-bond acceptors (Lipinski definition) is 6. The van der Waals surface area contributed by atoms with Crippen molar-refractivity contribution in [1.82, 2.24) is 24.8 Å². The lowest BCUT2D eigenvalue weighted by Crippen LogP contribution is -2.45. The zero-order chi connectivity index (χ0) is 18.8. The summed E-state index contributed by atoms with van der Waals surface area (Å²) < 4.78 is 0. The first-order valence-electron chi connectivity index (χ1n) is 9.62. The molecule has 1 unspecified atom stereocenters. The van der Waals surface area contributed by atoms with Crippen LogP contribution in [0.25, 0.3) is 0 Å². The maximum atomic E-state index is 13.2. The van der Waals surface area contributed by atoms with Crippen molar-refractivity contribution in [2.75, 3.05) is 44.7 Å². The molecule has 2 aromatic rings. The number of carbonyl (C=O) groups excluding carboxylic acids is 1. The van der Waals surface area contributed by atoms with Crippen molar-refractivity contribution < 1.29 is 4.79 Å². The van der Waals surface area contributed by atoms with E-state index >= 15 is 0 Å². The highest BCUT2D eigenvalue weighted by Gasteiger charge is 2.32. The summed E-state index contributed by atoms with van der Waals surface area (Å²) in [5.74, 6) is 0.727. The Morgan fingerprint density at radius 3 is 2.63 bits per heavy atom. The summed E-state index contributed by atoms with van der Waals surface area (Å²) in [6.07, 6.45) is 5.43. The summed E-state index contributed by atoms with van der Waals surface area (Å²) in [7, 11) is 2.12. The van der Waals surface area contributed by atoms with Gasteiger partial charge in [0.05, 0.1) is 23.0 Å². The summed E-state index contributed by atoms with van der Waals surface area (Å²) in [4.78, 5) is 33.2. The van der Waals surface area contributed by atoms with Crippen molar-refractivity contribution in [1.29, 1.82) is 0 Å². The van der Waals surface area contributed by atoms with Gasteiger partial charge < -0.3 is 14.7 Å². The molecular formula is C20H26N6O. The van der Waals surface area contributed by atoms with Crippen LogP contribution in [0.15, 0.2) is 30.6 Å². The molecule has 0 bridgehead atoms. The fraction of sp³-hybridized carbons (Fsp3) is 0.500. The van der Waals surface area contributed by atoms with Crippen LogP contribution < -0.4 is 4.90 Å². The second-order valence-corrected chi connectivity index (χ2v) is 7.37. The van der Waals surface area contributed by atoms with E-state index in [4.69, 9.17) is 0 Å². The molecule has 2 aliphatic heterocycles. The minimum Gasteiger partial charge on any atom is -0.338 e. The molecule has 4 rings (SSSR count). The van der Waals surface area contributed by atoms with Crippen LogP contribution in [0.5, 0.6) is 0 Å². The molecule has 4 heterocycles. The Kier molecular flexibility index (Phi) is 5.03. The number of pyridine rings is 1. The first-order chi connectivity index (χ1) is 13.1. The molecule has 142 valence electrons. The zero-order valence-corrected chi connectivity index (χ0v) is 16.0. The molecular weight excluding hydrogens is 340 g/mol. The predicted octanol–water partition coefficient (Wildman–Crippen LogP) is 1.91. The van der Waals surface area contributed by atoms with Crippen LogP contribution >= 0.6 is 0 Å². The second-order valence-electron chi connectivity index (χ2n) is 7.37. The third kappa shape index (κ3) is 3.64. The van der Waals surface area contributed by atoms with Crippen LogP contribution in [0, 0.1) is 6.92 Å². The van der Waals surface area contributed by atoms with Gasteiger partial charge in [0.25, 0.3) is 5.91 Å². The minimum atomic E-state index is 0.00517. The monoisotopic (exact) mass is 366 g/mol. The molecule has 2 aliphatic rings. The van der Waals surface area contributed by atoms with Crippen LogP contribution in [-0.4, -0.2) is 70.4 Å². The summed E-state index contributed by atoms with van der Waals surface area (Å²) in [5.41, 5.74) is 2.29. The lowest BCUT2D eigenvalue weighted by molar-refractivity contribution is 0.0731. The first kappa shape index (κ1) is 17.9. The van der Waals surface area contributed by atoms with E-state index in [-0.39, 0.29) is 11.9 Å². The van der Waals surface area contributed by atoms with Crippen LogP contribution in [0.3, 0.4) is 0 Å². The predicted molar refractivity (Wildman–Crippen MR) is 104 cm³/mol. The highest BCUT2D eigenvalue weighted by atomic mass is 16.2. The summed E-state index contributed by atoms with van der Waals surface area (Å²) >= 11 is 0. The number of rotatable bonds is 3. The van der Waals surface area contributed by atoms with Crippen molar-refractivity contribution in [3.8, 4) is 0 Å². The van der Waals surface area contributed by atoms with Crippen molar-refractivity contribution >= 4 is 11.9 Å². The fourth-order valence-electron chi connectivity index (χ4n) is 3.87. The average molecular weight is 366 g/mol. The van der Waals surface area contributed by atoms with Gasteiger partial charge in [0.1, 0.15) is 0 Å². The van der Waals surface area contributed by atoms with E-state index < -0.39 is 0 Å². The van der Waals surface area contributed by atoms with Crippen LogP contribution in [0.2, 0.25) is 0 Å². The van der Waals surface area contributed by atoms with Crippen LogP contribution in [0.1, 0.15) is 40.6 Å². The standard InChI is InChI=1S/C20H26N6O/c1-15-16(14-22-20(23-15)25-12-10-24(2)11-13-25)19(27)26-9-5-7-18(26)17-6-3-4-8-21-17/h3-4,6,8,14,18H,5,7,9-13H2,1-2H3. The van der Waals surface area contributed by atoms with E-state index in [1.165, 1.54) is 0 Å². The lowest BCUT2D eigenvalue weighted by Gasteiger charge is -2.32. The van der Waals surface area contributed by atoms with Gasteiger partial charge in [-0.25, -0.2) is 9.97 Å². The van der Waals surface area contributed by atoms with Gasteiger partial charge in [-0.05, 0) is 38.9 Å². The summed E-state index contributed by atoms with van der Waals surface area (Å²) in [5, 5.41) is 0. The quantitative estimate of drug-likeness (QED) is 0.827. The van der Waals surface area contributed by atoms with Gasteiger partial charge in [-0.15, -0.1) is 0 Å². The van der Waals surface area contributed by atoms with Crippen molar-refractivity contribution in [3.05, 3.63) is 47.5 Å². The maximum absolute atomic E-state index is 13.2. The molecule has 1 amide bonds. The number of aromatic nitrogens is 3. The van der Waals surface area contributed by atoms with E-state index in [0.717, 1.165) is 62.9 Å². The molecule has 7 nitrogen and oxygen atoms in total. The van der Waals surface area contributed by atoms with Crippen molar-refractivity contribution in [3.63, 3.8) is 0 Å². The van der Waals surface area contributed by atoms with Gasteiger partial charge in [-0.2, -0.15) is 0 Å². The summed E-state index contributed by atoms with van der Waals surface area (Å²) in [6, 6.07) is 5.91. The van der Waals surface area contributed by atoms with E-state index in [1.807, 2.05) is 30.0 Å². The highest BCUT2D eigenvalue weighted by Crippen LogP contribution is 2.32. The zero-order valence-electron chi connectivity index (χ0n) is 16.0. The Hall–Kier alpha value is -2.54. The third-order valence-corrected chi connectivity index (χ3v) is 5.53. The SMILES string of the molecule is Cc1nc(N2CCN(C)CC2)ncc1C(=O)N1CCCC1c1ccccn1. The largest absolute Gasteiger partial charge is 0.338 e. The van der Waals surface area contributed by atoms with E-state index in [9.17, 15) is 4.79 Å². The topological polar surface area (TPSA) is 65.5 Å². The number of piperazine rings is 1. The Morgan fingerprint density at radius 1 is 1.11 bits per heavy atom. The van der Waals surface area contributed by atoms with Gasteiger partial charge in [0.15, 0.2) is 0 Å². The number of nitrogens with zero attached hydrogens (tertiary/aromatic N) is 6. The minimum absolute atomic E-state index is 0.00517. The molecule has 2 fully saturated rings. The molecule has 27 heavy (non-hydrogen) atoms. The molecule has 0 radical (unpaired) electrons. The first-order valence-corrected chi connectivity index (χ1v) is 9.62. The molecule has 0 spiro atoms. The number of anilines is 1. The molecule has 0 aliphatic carbocycles. The maximum Gasteiger partial charge on any atom is 0.257 e. The Bertz CT molecular complexity index is 803. The number of likely N-dealkylation sites (tertiary alicyclic amines) is 1. The van der Waals surface area contributed by atoms with E-state index in [2.05, 4.69) is 31.8 Å². The number of hydrogen-bond donors (Lipinski definition) is 0. The second kappa shape index (κ2) is 7.60. The number of carbonyl (C=O) groups is 1. The van der Waals surface area contributed by atoms with Gasteiger partial charge in [0.2, 0.25) is 5.95 Å². The molecule has 2 aromatic heterocycles. The van der Waals surface area contributed by atoms with Gasteiger partial charge in [0, 0.05) is 45.1 Å². The fourth-order valence-corrected chi connectivity index (χ4v) is 3.87. The molecule has 2 saturated heterocycles. The van der Waals surface area contributed by atoms with Gasteiger partial charge in [-0.3, -0.25) is 9.78 Å².